The molecule has 1 saturated carbocycles. The van der Waals surface area contributed by atoms with Gasteiger partial charge in [-0.05, 0) is 23.8 Å². The molecule has 0 amide bonds. The van der Waals surface area contributed by atoms with Crippen LogP contribution in [0.25, 0.3) is 0 Å². The molecule has 1 aromatic rings. The Hall–Kier alpha value is -1.81. The SMILES string of the molecule is CC(C)(C)c1cnn(C2(CC#N)CC(C#N)C2)c1. The van der Waals surface area contributed by atoms with Crippen LogP contribution in [0.1, 0.15) is 45.6 Å². The van der Waals surface area contributed by atoms with Gasteiger partial charge in [-0.15, -0.1) is 0 Å². The predicted molar refractivity (Wildman–Crippen MR) is 67.5 cm³/mol. The molecule has 1 aromatic heterocycles. The maximum Gasteiger partial charge on any atom is 0.0782 e. The maximum atomic E-state index is 8.98. The van der Waals surface area contributed by atoms with Gasteiger partial charge in [-0.2, -0.15) is 15.6 Å². The molecule has 18 heavy (non-hydrogen) atoms. The average Bonchev–Trinajstić information content (AvgIpc) is 2.71. The zero-order valence-electron chi connectivity index (χ0n) is 11.1. The minimum Gasteiger partial charge on any atom is -0.265 e. The summed E-state index contributed by atoms with van der Waals surface area (Å²) in [6.45, 7) is 6.43. The normalized spacial score (nSPS) is 27.1. The van der Waals surface area contributed by atoms with Gasteiger partial charge in [-0.1, -0.05) is 20.8 Å². The van der Waals surface area contributed by atoms with Crippen molar-refractivity contribution < 1.29 is 0 Å². The van der Waals surface area contributed by atoms with Crippen LogP contribution >= 0.6 is 0 Å². The zero-order chi connectivity index (χ0) is 13.4. The molecule has 94 valence electrons. The van der Waals surface area contributed by atoms with Crippen LogP contribution in [-0.2, 0) is 11.0 Å². The fraction of sp³-hybridized carbons (Fsp3) is 0.643. The second-order valence-corrected chi connectivity index (χ2v) is 6.22. The van der Waals surface area contributed by atoms with E-state index in [1.807, 2.05) is 17.1 Å². The second-order valence-electron chi connectivity index (χ2n) is 6.22. The summed E-state index contributed by atoms with van der Waals surface area (Å²) in [5, 5.41) is 22.3. The first-order valence-corrected chi connectivity index (χ1v) is 6.23. The summed E-state index contributed by atoms with van der Waals surface area (Å²) in [7, 11) is 0. The molecule has 0 radical (unpaired) electrons. The van der Waals surface area contributed by atoms with Crippen molar-refractivity contribution in [1.82, 2.24) is 9.78 Å². The van der Waals surface area contributed by atoms with E-state index in [0.717, 1.165) is 12.8 Å². The first kappa shape index (κ1) is 12.6. The molecule has 0 aromatic carbocycles. The van der Waals surface area contributed by atoms with Gasteiger partial charge in [0, 0.05) is 6.20 Å². The first-order valence-electron chi connectivity index (χ1n) is 6.23. The number of hydrogen-bond donors (Lipinski definition) is 0. The molecule has 1 fully saturated rings. The van der Waals surface area contributed by atoms with Crippen LogP contribution in [0.3, 0.4) is 0 Å². The molecule has 0 saturated heterocycles. The van der Waals surface area contributed by atoms with Crippen molar-refractivity contribution in [3.05, 3.63) is 18.0 Å². The molecule has 0 atom stereocenters. The van der Waals surface area contributed by atoms with Crippen LogP contribution in [0, 0.1) is 28.6 Å². The van der Waals surface area contributed by atoms with Crippen molar-refractivity contribution in [3.8, 4) is 12.1 Å². The highest BCUT2D eigenvalue weighted by Gasteiger charge is 2.46. The molecular formula is C14H18N4. The highest BCUT2D eigenvalue weighted by Crippen LogP contribution is 2.46. The topological polar surface area (TPSA) is 65.4 Å². The Balaban J connectivity index is 2.27. The lowest BCUT2D eigenvalue weighted by molar-refractivity contribution is 0.0879. The van der Waals surface area contributed by atoms with Gasteiger partial charge in [-0.3, -0.25) is 4.68 Å². The number of hydrogen-bond acceptors (Lipinski definition) is 3. The fourth-order valence-corrected chi connectivity index (χ4v) is 2.48. The molecule has 0 unspecified atom stereocenters. The van der Waals surface area contributed by atoms with Crippen molar-refractivity contribution in [2.45, 2.75) is 51.0 Å². The molecule has 0 bridgehead atoms. The minimum atomic E-state index is -0.251. The van der Waals surface area contributed by atoms with Gasteiger partial charge in [0.2, 0.25) is 0 Å². The van der Waals surface area contributed by atoms with Gasteiger partial charge in [0.15, 0.2) is 0 Å². The summed E-state index contributed by atoms with van der Waals surface area (Å²) in [6, 6.07) is 4.50. The van der Waals surface area contributed by atoms with E-state index in [-0.39, 0.29) is 16.9 Å². The van der Waals surface area contributed by atoms with Crippen LogP contribution in [0.4, 0.5) is 0 Å². The lowest BCUT2D eigenvalue weighted by Gasteiger charge is -2.43. The van der Waals surface area contributed by atoms with E-state index in [1.165, 1.54) is 5.56 Å². The Morgan fingerprint density at radius 2 is 2.11 bits per heavy atom. The molecule has 1 aliphatic carbocycles. The highest BCUT2D eigenvalue weighted by atomic mass is 15.3. The fourth-order valence-electron chi connectivity index (χ4n) is 2.48. The summed E-state index contributed by atoms with van der Waals surface area (Å²) in [5.41, 5.74) is 0.976. The van der Waals surface area contributed by atoms with Crippen molar-refractivity contribution in [1.29, 1.82) is 10.5 Å². The average molecular weight is 242 g/mol. The van der Waals surface area contributed by atoms with Crippen LogP contribution in [0.5, 0.6) is 0 Å². The van der Waals surface area contributed by atoms with E-state index in [2.05, 4.69) is 38.0 Å². The van der Waals surface area contributed by atoms with E-state index in [9.17, 15) is 0 Å². The Labute approximate surface area is 108 Å². The van der Waals surface area contributed by atoms with Gasteiger partial charge >= 0.3 is 0 Å². The summed E-state index contributed by atoms with van der Waals surface area (Å²) in [4.78, 5) is 0. The van der Waals surface area contributed by atoms with Crippen LogP contribution in [-0.4, -0.2) is 9.78 Å². The molecular weight excluding hydrogens is 224 g/mol. The van der Waals surface area contributed by atoms with E-state index in [0.29, 0.717) is 6.42 Å². The quantitative estimate of drug-likeness (QED) is 0.800. The Bertz CT molecular complexity index is 515. The van der Waals surface area contributed by atoms with Gasteiger partial charge in [0.25, 0.3) is 0 Å². The Morgan fingerprint density at radius 1 is 1.44 bits per heavy atom. The largest absolute Gasteiger partial charge is 0.265 e. The number of nitriles is 2. The molecule has 4 nitrogen and oxygen atoms in total. The maximum absolute atomic E-state index is 8.98. The Kier molecular flexibility index (Phi) is 2.91. The van der Waals surface area contributed by atoms with E-state index >= 15 is 0 Å². The third-order valence-electron chi connectivity index (χ3n) is 3.78. The third-order valence-corrected chi connectivity index (χ3v) is 3.78. The van der Waals surface area contributed by atoms with Crippen molar-refractivity contribution in [2.75, 3.05) is 0 Å². The van der Waals surface area contributed by atoms with Gasteiger partial charge in [-0.25, -0.2) is 0 Å². The molecule has 4 heteroatoms. The molecule has 1 heterocycles. The second kappa shape index (κ2) is 4.14. The lowest BCUT2D eigenvalue weighted by atomic mass is 9.67. The summed E-state index contributed by atoms with van der Waals surface area (Å²) >= 11 is 0. The lowest BCUT2D eigenvalue weighted by Crippen LogP contribution is -2.46. The number of rotatable bonds is 2. The van der Waals surface area contributed by atoms with Gasteiger partial charge in [0.05, 0.1) is 36.2 Å². The molecule has 2 rings (SSSR count). The monoisotopic (exact) mass is 242 g/mol. The Morgan fingerprint density at radius 3 is 2.56 bits per heavy atom. The van der Waals surface area contributed by atoms with Gasteiger partial charge in [0.1, 0.15) is 0 Å². The summed E-state index contributed by atoms with van der Waals surface area (Å²) in [6.07, 6.45) is 5.81. The van der Waals surface area contributed by atoms with Crippen LogP contribution in [0.15, 0.2) is 12.4 Å². The van der Waals surface area contributed by atoms with E-state index < -0.39 is 0 Å². The van der Waals surface area contributed by atoms with Crippen molar-refractivity contribution in [2.24, 2.45) is 5.92 Å². The van der Waals surface area contributed by atoms with Crippen molar-refractivity contribution >= 4 is 0 Å². The predicted octanol–water partition coefficient (Wildman–Crippen LogP) is 2.72. The molecule has 0 aliphatic heterocycles. The van der Waals surface area contributed by atoms with E-state index in [1.54, 1.807) is 0 Å². The minimum absolute atomic E-state index is 0.0600. The highest BCUT2D eigenvalue weighted by molar-refractivity contribution is 5.18. The third kappa shape index (κ3) is 1.99. The first-order chi connectivity index (χ1) is 8.41. The van der Waals surface area contributed by atoms with Crippen LogP contribution < -0.4 is 0 Å². The summed E-state index contributed by atoms with van der Waals surface area (Å²) in [5.74, 6) is 0.0700. The number of nitrogens with zero attached hydrogens (tertiary/aromatic N) is 4. The van der Waals surface area contributed by atoms with Gasteiger partial charge < -0.3 is 0 Å². The zero-order valence-corrected chi connectivity index (χ0v) is 11.1. The number of aromatic nitrogens is 2. The smallest absolute Gasteiger partial charge is 0.0782 e. The standard InChI is InChI=1S/C14H18N4/c1-13(2,3)12-9-17-18(10-12)14(4-5-15)6-11(7-14)8-16/h9-11H,4,6-7H2,1-3H3. The van der Waals surface area contributed by atoms with E-state index in [4.69, 9.17) is 10.5 Å². The molecule has 1 aliphatic rings. The van der Waals surface area contributed by atoms with Crippen molar-refractivity contribution in [3.63, 3.8) is 0 Å². The molecule has 0 spiro atoms. The summed E-state index contributed by atoms with van der Waals surface area (Å²) < 4.78 is 1.91. The van der Waals surface area contributed by atoms with Crippen LogP contribution in [0.2, 0.25) is 0 Å². The molecule has 0 N–H and O–H groups in total.